The second kappa shape index (κ2) is 13.0. The maximum atomic E-state index is 13.6. The number of carbonyl (C=O) groups excluding carboxylic acids is 2. The number of nitrogens with one attached hydrogen (secondary N) is 1. The highest BCUT2D eigenvalue weighted by Crippen LogP contribution is 2.45. The zero-order valence-corrected chi connectivity index (χ0v) is 28.8. The van der Waals surface area contributed by atoms with E-state index in [-0.39, 0.29) is 11.3 Å². The molecule has 0 aliphatic carbocycles. The van der Waals surface area contributed by atoms with Gasteiger partial charge in [-0.1, -0.05) is 42.5 Å². The smallest absolute Gasteiger partial charge is 0.412 e. The summed E-state index contributed by atoms with van der Waals surface area (Å²) in [6.45, 7) is 10.2. The highest BCUT2D eigenvalue weighted by molar-refractivity contribution is 5.95. The molecule has 1 aromatic heterocycles. The van der Waals surface area contributed by atoms with Gasteiger partial charge >= 0.3 is 6.09 Å². The molecule has 1 N–H and O–H groups in total. The number of likely N-dealkylation sites (tertiary alicyclic amines) is 1. The lowest BCUT2D eigenvalue weighted by Gasteiger charge is -2.45. The Balaban J connectivity index is 1.00. The molecule has 2 bridgehead atoms. The van der Waals surface area contributed by atoms with Crippen molar-refractivity contribution in [3.63, 3.8) is 0 Å². The van der Waals surface area contributed by atoms with Crippen LogP contribution in [0.15, 0.2) is 78.9 Å². The van der Waals surface area contributed by atoms with Crippen LogP contribution in [0.4, 0.5) is 10.5 Å². The lowest BCUT2D eigenvalue weighted by atomic mass is 9.70. The van der Waals surface area contributed by atoms with E-state index in [2.05, 4.69) is 76.3 Å². The van der Waals surface area contributed by atoms with E-state index in [1.807, 2.05) is 25.7 Å². The zero-order valence-electron chi connectivity index (χ0n) is 28.8. The van der Waals surface area contributed by atoms with Crippen molar-refractivity contribution < 1.29 is 14.3 Å². The number of ether oxygens (including phenoxy) is 1. The molecule has 3 aromatic carbocycles. The summed E-state index contributed by atoms with van der Waals surface area (Å²) < 4.78 is 7.87. The number of hydrogen-bond acceptors (Lipinski definition) is 5. The van der Waals surface area contributed by atoms with Crippen molar-refractivity contribution in [3.05, 3.63) is 95.8 Å². The lowest BCUT2D eigenvalue weighted by molar-refractivity contribution is 0.0605. The molecule has 8 nitrogen and oxygen atoms in total. The molecule has 4 aromatic rings. The first kappa shape index (κ1) is 32.4. The van der Waals surface area contributed by atoms with E-state index in [9.17, 15) is 9.59 Å². The predicted octanol–water partition coefficient (Wildman–Crippen LogP) is 8.12. The van der Waals surface area contributed by atoms with Crippen LogP contribution >= 0.6 is 0 Å². The fourth-order valence-electron chi connectivity index (χ4n) is 8.70. The highest BCUT2D eigenvalue weighted by atomic mass is 16.6. The fourth-order valence-corrected chi connectivity index (χ4v) is 8.70. The number of benzene rings is 3. The van der Waals surface area contributed by atoms with Crippen molar-refractivity contribution in [2.45, 2.75) is 102 Å². The molecule has 0 radical (unpaired) electrons. The number of aromatic nitrogens is 2. The summed E-state index contributed by atoms with van der Waals surface area (Å²) in [5.41, 5.74) is 4.49. The highest BCUT2D eigenvalue weighted by Gasteiger charge is 2.44. The van der Waals surface area contributed by atoms with Crippen LogP contribution in [0.1, 0.15) is 93.5 Å². The van der Waals surface area contributed by atoms with Crippen LogP contribution < -0.4 is 5.32 Å². The van der Waals surface area contributed by atoms with Crippen LogP contribution in [0.3, 0.4) is 0 Å². The summed E-state index contributed by atoms with van der Waals surface area (Å²) in [6, 6.07) is 28.4. The SMILES string of the molecule is Cc1nc2ccccc2n1C1CC2CCC(C1)N2CCC1(c2ccccc2)CCN(C(=O)c2ccc(NC(=O)OC(C)(C)C)cc2)CC1. The average molecular weight is 648 g/mol. The van der Waals surface area contributed by atoms with Crippen molar-refractivity contribution in [3.8, 4) is 0 Å². The molecule has 3 aliphatic heterocycles. The molecule has 4 heterocycles. The molecule has 252 valence electrons. The van der Waals surface area contributed by atoms with E-state index < -0.39 is 11.7 Å². The molecule has 3 saturated heterocycles. The van der Waals surface area contributed by atoms with Crippen LogP contribution in [0, 0.1) is 6.92 Å². The first-order valence-electron chi connectivity index (χ1n) is 17.7. The number of nitrogens with zero attached hydrogens (tertiary/aromatic N) is 4. The van der Waals surface area contributed by atoms with Crippen molar-refractivity contribution >= 4 is 28.7 Å². The van der Waals surface area contributed by atoms with Gasteiger partial charge in [-0.3, -0.25) is 15.0 Å². The summed E-state index contributed by atoms with van der Waals surface area (Å²) in [5, 5.41) is 2.75. The largest absolute Gasteiger partial charge is 0.444 e. The fraction of sp³-hybridized carbons (Fsp3) is 0.475. The van der Waals surface area contributed by atoms with Gasteiger partial charge in [0.2, 0.25) is 0 Å². The summed E-state index contributed by atoms with van der Waals surface area (Å²) >= 11 is 0. The number of carbonyl (C=O) groups is 2. The first-order valence-corrected chi connectivity index (χ1v) is 17.7. The number of hydrogen-bond donors (Lipinski definition) is 1. The Morgan fingerprint density at radius 3 is 2.19 bits per heavy atom. The number of piperidine rings is 2. The van der Waals surface area contributed by atoms with Crippen LogP contribution in [0.25, 0.3) is 11.0 Å². The Morgan fingerprint density at radius 2 is 1.52 bits per heavy atom. The Morgan fingerprint density at radius 1 is 0.875 bits per heavy atom. The van der Waals surface area contributed by atoms with Gasteiger partial charge in [0.05, 0.1) is 11.0 Å². The molecule has 3 fully saturated rings. The topological polar surface area (TPSA) is 79.7 Å². The summed E-state index contributed by atoms with van der Waals surface area (Å²) in [5.74, 6) is 1.18. The minimum absolute atomic E-state index is 0.0444. The number of amides is 2. The molecule has 2 amide bonds. The number of anilines is 1. The van der Waals surface area contributed by atoms with Gasteiger partial charge in [-0.15, -0.1) is 0 Å². The van der Waals surface area contributed by atoms with Gasteiger partial charge in [0, 0.05) is 42.5 Å². The van der Waals surface area contributed by atoms with E-state index in [4.69, 9.17) is 9.72 Å². The first-order chi connectivity index (χ1) is 23.1. The monoisotopic (exact) mass is 647 g/mol. The van der Waals surface area contributed by atoms with Gasteiger partial charge in [-0.05, 0) is 127 Å². The predicted molar refractivity (Wildman–Crippen MR) is 190 cm³/mol. The Kier molecular flexibility index (Phi) is 8.79. The zero-order chi connectivity index (χ0) is 33.5. The minimum Gasteiger partial charge on any atom is -0.444 e. The van der Waals surface area contributed by atoms with Crippen molar-refractivity contribution in [2.75, 3.05) is 25.0 Å². The van der Waals surface area contributed by atoms with Gasteiger partial charge in [0.1, 0.15) is 11.4 Å². The molecule has 48 heavy (non-hydrogen) atoms. The van der Waals surface area contributed by atoms with Crippen molar-refractivity contribution in [2.24, 2.45) is 0 Å². The Bertz CT molecular complexity index is 1740. The molecular weight excluding hydrogens is 598 g/mol. The van der Waals surface area contributed by atoms with Gasteiger partial charge in [0.25, 0.3) is 5.91 Å². The summed E-state index contributed by atoms with van der Waals surface area (Å²) in [6.07, 6.45) is 7.43. The Hall–Kier alpha value is -4.17. The second-order valence-electron chi connectivity index (χ2n) is 15.2. The van der Waals surface area contributed by atoms with Crippen LogP contribution in [0.2, 0.25) is 0 Å². The molecule has 0 saturated carbocycles. The van der Waals surface area contributed by atoms with E-state index >= 15 is 0 Å². The van der Waals surface area contributed by atoms with E-state index in [0.717, 1.165) is 50.2 Å². The molecule has 0 spiro atoms. The van der Waals surface area contributed by atoms with Gasteiger partial charge < -0.3 is 14.2 Å². The number of imidazole rings is 1. The molecule has 2 atom stereocenters. The maximum absolute atomic E-state index is 13.6. The summed E-state index contributed by atoms with van der Waals surface area (Å²) in [4.78, 5) is 35.5. The van der Waals surface area contributed by atoms with E-state index in [1.54, 1.807) is 24.3 Å². The van der Waals surface area contributed by atoms with E-state index in [1.165, 1.54) is 36.8 Å². The van der Waals surface area contributed by atoms with Crippen LogP contribution in [-0.2, 0) is 10.2 Å². The van der Waals surface area contributed by atoms with Gasteiger partial charge in [-0.25, -0.2) is 9.78 Å². The standard InChI is InChI=1S/C40H49N5O3/c1-28-41-35-12-8-9-13-36(35)45(28)34-26-32-18-19-33(27-34)44(32)25-22-40(30-10-6-5-7-11-30)20-23-43(24-21-40)37(46)29-14-16-31(17-15-29)42-38(47)48-39(2,3)4/h5-17,32-34H,18-27H2,1-4H3,(H,42,47). The third kappa shape index (κ3) is 6.59. The molecule has 3 aliphatic rings. The quantitative estimate of drug-likeness (QED) is 0.219. The third-order valence-electron chi connectivity index (χ3n) is 11.0. The van der Waals surface area contributed by atoms with E-state index in [0.29, 0.717) is 29.4 Å². The lowest BCUT2D eigenvalue weighted by Crippen LogP contribution is -2.49. The average Bonchev–Trinajstić information content (AvgIpc) is 3.53. The minimum atomic E-state index is -0.574. The third-order valence-corrected chi connectivity index (χ3v) is 11.0. The van der Waals surface area contributed by atoms with Crippen molar-refractivity contribution in [1.82, 2.24) is 19.4 Å². The summed E-state index contributed by atoms with van der Waals surface area (Å²) in [7, 11) is 0. The number of para-hydroxylation sites is 2. The maximum Gasteiger partial charge on any atom is 0.412 e. The molecule has 8 heteroatoms. The van der Waals surface area contributed by atoms with Gasteiger partial charge in [-0.2, -0.15) is 0 Å². The van der Waals surface area contributed by atoms with Crippen molar-refractivity contribution in [1.29, 1.82) is 0 Å². The second-order valence-corrected chi connectivity index (χ2v) is 15.2. The number of rotatable bonds is 7. The van der Waals surface area contributed by atoms with Crippen LogP contribution in [-0.4, -0.2) is 68.7 Å². The normalized spacial score (nSPS) is 22.5. The van der Waals surface area contributed by atoms with Gasteiger partial charge in [0.15, 0.2) is 0 Å². The van der Waals surface area contributed by atoms with Crippen LogP contribution in [0.5, 0.6) is 0 Å². The number of aryl methyl sites for hydroxylation is 1. The molecule has 2 unspecified atom stereocenters. The molecular formula is C40H49N5O3. The Labute approximate surface area is 284 Å². The molecule has 7 rings (SSSR count). The number of fused-ring (bicyclic) bond motifs is 3.